The van der Waals surface area contributed by atoms with Gasteiger partial charge in [0.25, 0.3) is 10.0 Å². The van der Waals surface area contributed by atoms with E-state index in [1.165, 1.54) is 12.1 Å². The monoisotopic (exact) mass is 332 g/mol. The van der Waals surface area contributed by atoms with Crippen LogP contribution in [0, 0.1) is 0 Å². The molecule has 0 aromatic heterocycles. The van der Waals surface area contributed by atoms with Crippen LogP contribution in [-0.2, 0) is 10.0 Å². The van der Waals surface area contributed by atoms with Crippen molar-refractivity contribution in [3.8, 4) is 5.75 Å². The molecule has 0 aliphatic rings. The fraction of sp³-hybridized carbons (Fsp3) is 0.176. The molecule has 2 rings (SSSR count). The maximum absolute atomic E-state index is 12.2. The molecule has 0 heterocycles. The van der Waals surface area contributed by atoms with Crippen LogP contribution in [0.15, 0.2) is 65.7 Å². The van der Waals surface area contributed by atoms with Gasteiger partial charge in [-0.15, -0.1) is 4.83 Å². The number of nitrogens with one attached hydrogen (secondary N) is 2. The topological polar surface area (TPSA) is 67.4 Å². The maximum Gasteiger partial charge on any atom is 0.257 e. The molecular formula is C17H20N2O3S. The molecule has 2 aromatic rings. The minimum atomic E-state index is -3.63. The van der Waals surface area contributed by atoms with Crippen LogP contribution in [0.1, 0.15) is 19.4 Å². The lowest BCUT2D eigenvalue weighted by atomic mass is 10.1. The summed E-state index contributed by atoms with van der Waals surface area (Å²) in [6.07, 6.45) is 1.61. The zero-order valence-corrected chi connectivity index (χ0v) is 13.9. The number of rotatable bonds is 7. The fourth-order valence-electron chi connectivity index (χ4n) is 1.94. The summed E-state index contributed by atoms with van der Waals surface area (Å²) in [4.78, 5) is 2.50. The molecule has 0 unspecified atom stereocenters. The first-order valence-electron chi connectivity index (χ1n) is 7.25. The van der Waals surface area contributed by atoms with Crippen LogP contribution in [0.4, 0.5) is 0 Å². The molecule has 2 aromatic carbocycles. The largest absolute Gasteiger partial charge is 0.494 e. The Hall–Kier alpha value is -2.31. The minimum Gasteiger partial charge on any atom is -0.494 e. The van der Waals surface area contributed by atoms with E-state index in [1.54, 1.807) is 18.3 Å². The fourth-order valence-corrected chi connectivity index (χ4v) is 2.77. The normalized spacial score (nSPS) is 12.0. The molecule has 0 bridgehead atoms. The first kappa shape index (κ1) is 17.1. The van der Waals surface area contributed by atoms with Gasteiger partial charge in [-0.25, -0.2) is 8.42 Å². The lowest BCUT2D eigenvalue weighted by molar-refractivity contribution is 0.340. The highest BCUT2D eigenvalue weighted by atomic mass is 32.2. The van der Waals surface area contributed by atoms with Crippen LogP contribution in [0.25, 0.3) is 5.57 Å². The van der Waals surface area contributed by atoms with Gasteiger partial charge >= 0.3 is 0 Å². The van der Waals surface area contributed by atoms with Gasteiger partial charge in [-0.05, 0) is 49.2 Å². The van der Waals surface area contributed by atoms with Crippen molar-refractivity contribution in [3.63, 3.8) is 0 Å². The molecule has 0 saturated heterocycles. The number of allylic oxidation sites excluding steroid dienone is 1. The molecular weight excluding hydrogens is 312 g/mol. The zero-order chi connectivity index (χ0) is 16.7. The van der Waals surface area contributed by atoms with Crippen molar-refractivity contribution in [2.75, 3.05) is 6.61 Å². The summed E-state index contributed by atoms with van der Waals surface area (Å²) in [5.41, 5.74) is 4.56. The van der Waals surface area contributed by atoms with Crippen LogP contribution in [-0.4, -0.2) is 15.0 Å². The molecule has 0 spiro atoms. The van der Waals surface area contributed by atoms with Crippen molar-refractivity contribution in [3.05, 3.63) is 66.4 Å². The second-order valence-electron chi connectivity index (χ2n) is 4.85. The van der Waals surface area contributed by atoms with Gasteiger partial charge in [0.2, 0.25) is 0 Å². The van der Waals surface area contributed by atoms with E-state index < -0.39 is 10.0 Å². The summed E-state index contributed by atoms with van der Waals surface area (Å²) in [6, 6.07) is 16.0. The van der Waals surface area contributed by atoms with E-state index in [0.717, 1.165) is 11.1 Å². The van der Waals surface area contributed by atoms with Crippen molar-refractivity contribution in [2.24, 2.45) is 0 Å². The first-order valence-corrected chi connectivity index (χ1v) is 8.73. The van der Waals surface area contributed by atoms with Gasteiger partial charge in [0.15, 0.2) is 0 Å². The van der Waals surface area contributed by atoms with E-state index in [-0.39, 0.29) is 4.90 Å². The van der Waals surface area contributed by atoms with Crippen molar-refractivity contribution < 1.29 is 13.2 Å². The quantitative estimate of drug-likeness (QED) is 0.765. The number of hydrogen-bond acceptors (Lipinski definition) is 4. The van der Waals surface area contributed by atoms with Gasteiger partial charge in [0.1, 0.15) is 5.75 Å². The highest BCUT2D eigenvalue weighted by Crippen LogP contribution is 2.15. The van der Waals surface area contributed by atoms with Gasteiger partial charge < -0.3 is 10.2 Å². The van der Waals surface area contributed by atoms with Crippen molar-refractivity contribution in [1.82, 2.24) is 10.3 Å². The lowest BCUT2D eigenvalue weighted by Crippen LogP contribution is -2.33. The number of hydrazine groups is 1. The van der Waals surface area contributed by atoms with Crippen LogP contribution >= 0.6 is 0 Å². The van der Waals surface area contributed by atoms with Gasteiger partial charge in [0, 0.05) is 6.20 Å². The number of benzene rings is 2. The summed E-state index contributed by atoms with van der Waals surface area (Å²) in [5.74, 6) is 0.638. The average Bonchev–Trinajstić information content (AvgIpc) is 2.56. The summed E-state index contributed by atoms with van der Waals surface area (Å²) >= 11 is 0. The first-order chi connectivity index (χ1) is 11.0. The number of ether oxygens (including phenoxy) is 1. The van der Waals surface area contributed by atoms with Crippen molar-refractivity contribution in [2.45, 2.75) is 18.7 Å². The highest BCUT2D eigenvalue weighted by molar-refractivity contribution is 7.89. The van der Waals surface area contributed by atoms with Gasteiger partial charge in [-0.3, -0.25) is 0 Å². The van der Waals surface area contributed by atoms with Crippen molar-refractivity contribution >= 4 is 15.6 Å². The summed E-state index contributed by atoms with van der Waals surface area (Å²) in [7, 11) is -3.63. The zero-order valence-electron chi connectivity index (χ0n) is 13.1. The van der Waals surface area contributed by atoms with E-state index in [4.69, 9.17) is 4.74 Å². The summed E-state index contributed by atoms with van der Waals surface area (Å²) in [5, 5.41) is 0. The number of hydrogen-bond donors (Lipinski definition) is 2. The summed E-state index contributed by atoms with van der Waals surface area (Å²) in [6.45, 7) is 4.31. The third-order valence-electron chi connectivity index (χ3n) is 3.16. The predicted molar refractivity (Wildman–Crippen MR) is 91.2 cm³/mol. The van der Waals surface area contributed by atoms with Crippen LogP contribution < -0.4 is 15.0 Å². The summed E-state index contributed by atoms with van der Waals surface area (Å²) < 4.78 is 29.6. The standard InChI is InChI=1S/C17H20N2O3S/c1-3-22-16-9-11-17(12-10-16)23(20,21)19-18-13-14(2)15-7-5-4-6-8-15/h4-13,18-19H,3H2,1-2H3/b14-13+. The predicted octanol–water partition coefficient (Wildman–Crippen LogP) is 2.93. The molecule has 0 aliphatic carbocycles. The van der Waals surface area contributed by atoms with E-state index in [9.17, 15) is 8.42 Å². The third kappa shape index (κ3) is 4.84. The molecule has 0 fully saturated rings. The van der Waals surface area contributed by atoms with Gasteiger partial charge in [-0.2, -0.15) is 0 Å². The van der Waals surface area contributed by atoms with E-state index >= 15 is 0 Å². The lowest BCUT2D eigenvalue weighted by Gasteiger charge is -2.09. The van der Waals surface area contributed by atoms with Gasteiger partial charge in [-0.1, -0.05) is 30.3 Å². The Bertz CT molecular complexity index is 754. The molecule has 2 N–H and O–H groups in total. The van der Waals surface area contributed by atoms with Crippen LogP contribution in [0.2, 0.25) is 0 Å². The minimum absolute atomic E-state index is 0.166. The third-order valence-corrected chi connectivity index (χ3v) is 4.44. The van der Waals surface area contributed by atoms with E-state index in [1.807, 2.05) is 44.2 Å². The second-order valence-corrected chi connectivity index (χ2v) is 6.53. The smallest absolute Gasteiger partial charge is 0.257 e. The average molecular weight is 332 g/mol. The Morgan fingerprint density at radius 1 is 1.09 bits per heavy atom. The molecule has 23 heavy (non-hydrogen) atoms. The van der Waals surface area contributed by atoms with E-state index in [0.29, 0.717) is 12.4 Å². The SMILES string of the molecule is CCOc1ccc(S(=O)(=O)NN/C=C(\C)c2ccccc2)cc1. The van der Waals surface area contributed by atoms with Crippen LogP contribution in [0.5, 0.6) is 5.75 Å². The molecule has 122 valence electrons. The number of sulfonamides is 1. The molecule has 6 heteroatoms. The Morgan fingerprint density at radius 3 is 2.35 bits per heavy atom. The van der Waals surface area contributed by atoms with Crippen LogP contribution in [0.3, 0.4) is 0 Å². The Labute approximate surface area is 137 Å². The molecule has 5 nitrogen and oxygen atoms in total. The van der Waals surface area contributed by atoms with Gasteiger partial charge in [0.05, 0.1) is 11.5 Å². The molecule has 0 aliphatic heterocycles. The highest BCUT2D eigenvalue weighted by Gasteiger charge is 2.12. The molecule has 0 radical (unpaired) electrons. The Morgan fingerprint density at radius 2 is 1.74 bits per heavy atom. The Balaban J connectivity index is 2.01. The second kappa shape index (κ2) is 7.80. The molecule has 0 atom stereocenters. The Kier molecular flexibility index (Phi) is 5.78. The molecule has 0 amide bonds. The van der Waals surface area contributed by atoms with Crippen molar-refractivity contribution in [1.29, 1.82) is 0 Å². The molecule has 0 saturated carbocycles. The van der Waals surface area contributed by atoms with E-state index in [2.05, 4.69) is 10.3 Å². The maximum atomic E-state index is 12.2.